The van der Waals surface area contributed by atoms with Crippen LogP contribution in [0.25, 0.3) is 11.3 Å². The van der Waals surface area contributed by atoms with Gasteiger partial charge in [-0.25, -0.2) is 12.8 Å². The monoisotopic (exact) mass is 323 g/mol. The van der Waals surface area contributed by atoms with Gasteiger partial charge in [0.2, 0.25) is 0 Å². The predicted octanol–water partition coefficient (Wildman–Crippen LogP) is 2.52. The van der Waals surface area contributed by atoms with Gasteiger partial charge in [-0.2, -0.15) is 0 Å². The Hall–Kier alpha value is -2.02. The summed E-state index contributed by atoms with van der Waals surface area (Å²) in [6, 6.07) is 9.55. The van der Waals surface area contributed by atoms with E-state index in [0.717, 1.165) is 5.56 Å². The second-order valence-electron chi connectivity index (χ2n) is 5.27. The number of rotatable bonds is 6. The molecule has 22 heavy (non-hydrogen) atoms. The van der Waals surface area contributed by atoms with Crippen LogP contribution >= 0.6 is 0 Å². The van der Waals surface area contributed by atoms with Gasteiger partial charge in [-0.15, -0.1) is 10.2 Å². The lowest BCUT2D eigenvalue weighted by Gasteiger charge is -2.13. The van der Waals surface area contributed by atoms with Gasteiger partial charge < -0.3 is 5.32 Å². The highest BCUT2D eigenvalue weighted by molar-refractivity contribution is 7.90. The van der Waals surface area contributed by atoms with Crippen LogP contribution in [0.3, 0.4) is 0 Å². The first-order valence-electron chi connectivity index (χ1n) is 6.87. The van der Waals surface area contributed by atoms with Crippen LogP contribution in [0.4, 0.5) is 10.2 Å². The first-order valence-corrected chi connectivity index (χ1v) is 8.93. The van der Waals surface area contributed by atoms with Gasteiger partial charge in [0, 0.05) is 17.9 Å². The minimum Gasteiger partial charge on any atom is -0.366 e. The Morgan fingerprint density at radius 3 is 2.36 bits per heavy atom. The lowest BCUT2D eigenvalue weighted by molar-refractivity contribution is 0.595. The van der Waals surface area contributed by atoms with E-state index in [4.69, 9.17) is 0 Å². The molecular formula is C15H18FN3O2S. The SMILES string of the molecule is CC(CCS(C)(=O)=O)Nc1ccc(-c2ccc(F)cc2)nn1. The van der Waals surface area contributed by atoms with Crippen LogP contribution in [0.5, 0.6) is 0 Å². The molecule has 0 amide bonds. The summed E-state index contributed by atoms with van der Waals surface area (Å²) in [5.41, 5.74) is 1.43. The molecule has 5 nitrogen and oxygen atoms in total. The Kier molecular flexibility index (Phi) is 5.07. The molecule has 1 aromatic carbocycles. The minimum atomic E-state index is -2.96. The van der Waals surface area contributed by atoms with Gasteiger partial charge in [0.15, 0.2) is 0 Å². The molecule has 118 valence electrons. The van der Waals surface area contributed by atoms with Crippen molar-refractivity contribution in [3.63, 3.8) is 0 Å². The van der Waals surface area contributed by atoms with E-state index in [1.54, 1.807) is 24.3 Å². The first-order chi connectivity index (χ1) is 10.3. The smallest absolute Gasteiger partial charge is 0.148 e. The average Bonchev–Trinajstić information content (AvgIpc) is 2.46. The van der Waals surface area contributed by atoms with E-state index in [9.17, 15) is 12.8 Å². The Morgan fingerprint density at radius 2 is 1.82 bits per heavy atom. The normalized spacial score (nSPS) is 12.9. The van der Waals surface area contributed by atoms with E-state index < -0.39 is 9.84 Å². The van der Waals surface area contributed by atoms with Gasteiger partial charge in [-0.05, 0) is 49.7 Å². The molecule has 0 saturated heterocycles. The number of nitrogens with one attached hydrogen (secondary N) is 1. The van der Waals surface area contributed by atoms with Gasteiger partial charge >= 0.3 is 0 Å². The van der Waals surface area contributed by atoms with Gasteiger partial charge in [-0.1, -0.05) is 0 Å². The van der Waals surface area contributed by atoms with E-state index in [1.165, 1.54) is 18.4 Å². The van der Waals surface area contributed by atoms with Crippen molar-refractivity contribution in [2.75, 3.05) is 17.3 Å². The lowest BCUT2D eigenvalue weighted by atomic mass is 10.1. The number of nitrogens with zero attached hydrogens (tertiary/aromatic N) is 2. The predicted molar refractivity (Wildman–Crippen MR) is 84.8 cm³/mol. The molecule has 0 fully saturated rings. The van der Waals surface area contributed by atoms with Crippen molar-refractivity contribution in [3.8, 4) is 11.3 Å². The van der Waals surface area contributed by atoms with Crippen molar-refractivity contribution in [1.29, 1.82) is 0 Å². The Morgan fingerprint density at radius 1 is 1.14 bits per heavy atom. The van der Waals surface area contributed by atoms with E-state index in [0.29, 0.717) is 17.9 Å². The summed E-state index contributed by atoms with van der Waals surface area (Å²) in [6.07, 6.45) is 1.72. The molecule has 0 bridgehead atoms. The molecule has 1 unspecified atom stereocenters. The molecule has 0 saturated carbocycles. The maximum atomic E-state index is 12.9. The van der Waals surface area contributed by atoms with Crippen LogP contribution in [0.2, 0.25) is 0 Å². The molecular weight excluding hydrogens is 305 g/mol. The second-order valence-corrected chi connectivity index (χ2v) is 7.53. The quantitative estimate of drug-likeness (QED) is 0.884. The molecule has 0 radical (unpaired) electrons. The minimum absolute atomic E-state index is 0.0271. The number of anilines is 1. The molecule has 2 rings (SSSR count). The fourth-order valence-electron chi connectivity index (χ4n) is 1.90. The third kappa shape index (κ3) is 5.07. The summed E-state index contributed by atoms with van der Waals surface area (Å²) < 4.78 is 35.1. The maximum Gasteiger partial charge on any atom is 0.148 e. The average molecular weight is 323 g/mol. The van der Waals surface area contributed by atoms with Gasteiger partial charge in [-0.3, -0.25) is 0 Å². The highest BCUT2D eigenvalue weighted by Gasteiger charge is 2.09. The molecule has 1 atom stereocenters. The van der Waals surface area contributed by atoms with E-state index >= 15 is 0 Å². The number of hydrogen-bond acceptors (Lipinski definition) is 5. The van der Waals surface area contributed by atoms with E-state index in [2.05, 4.69) is 15.5 Å². The molecule has 2 aromatic rings. The Balaban J connectivity index is 1.98. The molecule has 1 aromatic heterocycles. The molecule has 7 heteroatoms. The van der Waals surface area contributed by atoms with Crippen LogP contribution in [0.15, 0.2) is 36.4 Å². The van der Waals surface area contributed by atoms with Crippen LogP contribution in [-0.4, -0.2) is 36.7 Å². The van der Waals surface area contributed by atoms with Crippen molar-refractivity contribution in [2.45, 2.75) is 19.4 Å². The topological polar surface area (TPSA) is 72.0 Å². The van der Waals surface area contributed by atoms with Gasteiger partial charge in [0.1, 0.15) is 21.5 Å². The highest BCUT2D eigenvalue weighted by Crippen LogP contribution is 2.17. The third-order valence-electron chi connectivity index (χ3n) is 3.12. The molecule has 1 N–H and O–H groups in total. The number of aromatic nitrogens is 2. The Labute approximate surface area is 129 Å². The van der Waals surface area contributed by atoms with Crippen LogP contribution in [-0.2, 0) is 9.84 Å². The summed E-state index contributed by atoms with van der Waals surface area (Å²) in [6.45, 7) is 1.89. The largest absolute Gasteiger partial charge is 0.366 e. The molecule has 0 spiro atoms. The molecule has 1 heterocycles. The summed E-state index contributed by atoms with van der Waals surface area (Å²) >= 11 is 0. The van der Waals surface area contributed by atoms with Crippen molar-refractivity contribution in [3.05, 3.63) is 42.2 Å². The maximum absolute atomic E-state index is 12.9. The van der Waals surface area contributed by atoms with Crippen LogP contribution in [0, 0.1) is 5.82 Å². The van der Waals surface area contributed by atoms with Crippen molar-refractivity contribution in [2.24, 2.45) is 0 Å². The molecule has 0 aliphatic carbocycles. The number of hydrogen-bond donors (Lipinski definition) is 1. The summed E-state index contributed by atoms with van der Waals surface area (Å²) in [5, 5.41) is 11.2. The zero-order chi connectivity index (χ0) is 16.2. The zero-order valence-electron chi connectivity index (χ0n) is 12.5. The zero-order valence-corrected chi connectivity index (χ0v) is 13.3. The fraction of sp³-hybridized carbons (Fsp3) is 0.333. The van der Waals surface area contributed by atoms with Crippen molar-refractivity contribution >= 4 is 15.7 Å². The van der Waals surface area contributed by atoms with Gasteiger partial charge in [0.25, 0.3) is 0 Å². The van der Waals surface area contributed by atoms with Gasteiger partial charge in [0.05, 0.1) is 11.4 Å². The number of benzene rings is 1. The van der Waals surface area contributed by atoms with E-state index in [1.807, 2.05) is 6.92 Å². The second kappa shape index (κ2) is 6.83. The highest BCUT2D eigenvalue weighted by atomic mass is 32.2. The van der Waals surface area contributed by atoms with Crippen LogP contribution in [0.1, 0.15) is 13.3 Å². The van der Waals surface area contributed by atoms with Crippen molar-refractivity contribution in [1.82, 2.24) is 10.2 Å². The fourth-order valence-corrected chi connectivity index (χ4v) is 2.68. The molecule has 0 aliphatic rings. The summed E-state index contributed by atoms with van der Waals surface area (Å²) in [7, 11) is -2.96. The summed E-state index contributed by atoms with van der Waals surface area (Å²) in [5.74, 6) is 0.406. The third-order valence-corrected chi connectivity index (χ3v) is 4.10. The first kappa shape index (κ1) is 16.4. The lowest BCUT2D eigenvalue weighted by Crippen LogP contribution is -2.20. The van der Waals surface area contributed by atoms with Crippen LogP contribution < -0.4 is 5.32 Å². The number of halogens is 1. The number of sulfone groups is 1. The standard InChI is InChI=1S/C15H18FN3O2S/c1-11(9-10-22(2,20)21)17-15-8-7-14(18-19-15)12-3-5-13(16)6-4-12/h3-8,11H,9-10H2,1-2H3,(H,17,19). The van der Waals surface area contributed by atoms with E-state index in [-0.39, 0.29) is 17.6 Å². The molecule has 0 aliphatic heterocycles. The van der Waals surface area contributed by atoms with Crippen molar-refractivity contribution < 1.29 is 12.8 Å². The Bertz CT molecular complexity index is 715. The summed E-state index contributed by atoms with van der Waals surface area (Å²) in [4.78, 5) is 0.